The van der Waals surface area contributed by atoms with Gasteiger partial charge in [-0.3, -0.25) is 9.52 Å². The number of aryl methyl sites for hydroxylation is 2. The van der Waals surface area contributed by atoms with Crippen molar-refractivity contribution >= 4 is 38.9 Å². The highest BCUT2D eigenvalue weighted by Gasteiger charge is 2.16. The van der Waals surface area contributed by atoms with Gasteiger partial charge in [-0.05, 0) is 85.6 Å². The van der Waals surface area contributed by atoms with E-state index in [-0.39, 0.29) is 17.4 Å². The van der Waals surface area contributed by atoms with Crippen molar-refractivity contribution in [1.29, 1.82) is 0 Å². The van der Waals surface area contributed by atoms with Gasteiger partial charge < -0.3 is 14.8 Å². The normalized spacial score (nSPS) is 11.0. The molecule has 3 aromatic carbocycles. The zero-order valence-corrected chi connectivity index (χ0v) is 19.4. The third-order valence-electron chi connectivity index (χ3n) is 4.62. The molecule has 7 nitrogen and oxygen atoms in total. The van der Waals surface area contributed by atoms with Crippen LogP contribution in [0.3, 0.4) is 0 Å². The number of anilines is 2. The van der Waals surface area contributed by atoms with E-state index in [4.69, 9.17) is 21.1 Å². The van der Waals surface area contributed by atoms with Crippen molar-refractivity contribution < 1.29 is 22.7 Å². The summed E-state index contributed by atoms with van der Waals surface area (Å²) in [4.78, 5) is 12.3. The fraction of sp³-hybridized carbons (Fsp3) is 0.174. The zero-order valence-electron chi connectivity index (χ0n) is 17.8. The average Bonchev–Trinajstić information content (AvgIpc) is 2.75. The molecule has 32 heavy (non-hydrogen) atoms. The van der Waals surface area contributed by atoms with Gasteiger partial charge in [-0.25, -0.2) is 8.42 Å². The van der Waals surface area contributed by atoms with Crippen LogP contribution >= 0.6 is 11.6 Å². The van der Waals surface area contributed by atoms with Crippen LogP contribution in [-0.2, 0) is 14.8 Å². The summed E-state index contributed by atoms with van der Waals surface area (Å²) in [6.07, 6.45) is 0. The molecule has 168 valence electrons. The highest BCUT2D eigenvalue weighted by molar-refractivity contribution is 7.92. The van der Waals surface area contributed by atoms with Crippen LogP contribution in [0, 0.1) is 13.8 Å². The Morgan fingerprint density at radius 3 is 2.31 bits per heavy atom. The number of hydrogen-bond acceptors (Lipinski definition) is 5. The highest BCUT2D eigenvalue weighted by Crippen LogP contribution is 2.25. The summed E-state index contributed by atoms with van der Waals surface area (Å²) in [5.74, 6) is 0.699. The molecule has 3 rings (SSSR count). The number of amides is 1. The summed E-state index contributed by atoms with van der Waals surface area (Å²) in [7, 11) is -2.25. The maximum Gasteiger partial charge on any atom is 0.262 e. The second-order valence-electron chi connectivity index (χ2n) is 7.06. The molecule has 2 N–H and O–H groups in total. The third kappa shape index (κ3) is 5.93. The molecule has 0 unspecified atom stereocenters. The standard InChI is InChI=1S/C23H23ClN2O5S/c1-15-12-17(24)4-10-21(15)25-23(27)14-31-22-11-9-20(13-16(22)2)32(28,29)26-18-5-7-19(30-3)8-6-18/h4-13,26H,14H2,1-3H3,(H,25,27). The minimum Gasteiger partial charge on any atom is -0.497 e. The molecule has 0 heterocycles. The van der Waals surface area contributed by atoms with Gasteiger partial charge in [0.25, 0.3) is 15.9 Å². The molecule has 1 amide bonds. The van der Waals surface area contributed by atoms with E-state index < -0.39 is 10.0 Å². The molecule has 0 atom stereocenters. The van der Waals surface area contributed by atoms with Crippen LogP contribution in [0.15, 0.2) is 65.6 Å². The lowest BCUT2D eigenvalue weighted by Crippen LogP contribution is -2.21. The van der Waals surface area contributed by atoms with E-state index in [2.05, 4.69) is 10.0 Å². The average molecular weight is 475 g/mol. The van der Waals surface area contributed by atoms with Crippen LogP contribution in [-0.4, -0.2) is 28.0 Å². The molecule has 0 saturated heterocycles. The molecule has 0 saturated carbocycles. The minimum atomic E-state index is -3.79. The third-order valence-corrected chi connectivity index (χ3v) is 6.23. The van der Waals surface area contributed by atoms with E-state index in [0.29, 0.717) is 33.5 Å². The monoisotopic (exact) mass is 474 g/mol. The Hall–Kier alpha value is -3.23. The summed E-state index contributed by atoms with van der Waals surface area (Å²) in [5, 5.41) is 3.35. The van der Waals surface area contributed by atoms with E-state index in [1.807, 2.05) is 6.92 Å². The molecular formula is C23H23ClN2O5S. The Balaban J connectivity index is 1.64. The molecule has 3 aromatic rings. The number of halogens is 1. The van der Waals surface area contributed by atoms with Crippen LogP contribution in [0.5, 0.6) is 11.5 Å². The zero-order chi connectivity index (χ0) is 23.3. The molecule has 0 aliphatic heterocycles. The van der Waals surface area contributed by atoms with Crippen molar-refractivity contribution in [2.75, 3.05) is 23.8 Å². The number of methoxy groups -OCH3 is 1. The van der Waals surface area contributed by atoms with E-state index in [1.54, 1.807) is 49.4 Å². The van der Waals surface area contributed by atoms with Crippen molar-refractivity contribution in [3.63, 3.8) is 0 Å². The Bertz CT molecular complexity index is 1230. The predicted octanol–water partition coefficient (Wildman–Crippen LogP) is 4.78. The van der Waals surface area contributed by atoms with Crippen molar-refractivity contribution in [2.24, 2.45) is 0 Å². The van der Waals surface area contributed by atoms with Crippen LogP contribution in [0.25, 0.3) is 0 Å². The van der Waals surface area contributed by atoms with Gasteiger partial charge in [-0.1, -0.05) is 11.6 Å². The van der Waals surface area contributed by atoms with Crippen LogP contribution < -0.4 is 19.5 Å². The lowest BCUT2D eigenvalue weighted by molar-refractivity contribution is -0.118. The number of carbonyl (C=O) groups is 1. The van der Waals surface area contributed by atoms with Crippen LogP contribution in [0.1, 0.15) is 11.1 Å². The first-order chi connectivity index (χ1) is 15.2. The largest absolute Gasteiger partial charge is 0.497 e. The summed E-state index contributed by atoms with van der Waals surface area (Å²) in [6, 6.07) is 16.2. The number of rotatable bonds is 8. The Morgan fingerprint density at radius 2 is 1.69 bits per heavy atom. The summed E-state index contributed by atoms with van der Waals surface area (Å²) >= 11 is 5.92. The fourth-order valence-corrected chi connectivity index (χ4v) is 4.29. The quantitative estimate of drug-likeness (QED) is 0.490. The van der Waals surface area contributed by atoms with Crippen molar-refractivity contribution in [1.82, 2.24) is 0 Å². The Morgan fingerprint density at radius 1 is 0.969 bits per heavy atom. The first-order valence-corrected chi connectivity index (χ1v) is 11.5. The molecule has 0 radical (unpaired) electrons. The lowest BCUT2D eigenvalue weighted by atomic mass is 10.2. The summed E-state index contributed by atoms with van der Waals surface area (Å²) in [5.41, 5.74) is 2.47. The first kappa shape index (κ1) is 23.4. The minimum absolute atomic E-state index is 0.0828. The van der Waals surface area contributed by atoms with Gasteiger partial charge in [0.15, 0.2) is 6.61 Å². The molecule has 0 aliphatic carbocycles. The van der Waals surface area contributed by atoms with Gasteiger partial charge in [0.1, 0.15) is 11.5 Å². The number of benzene rings is 3. The van der Waals surface area contributed by atoms with Crippen LogP contribution in [0.2, 0.25) is 5.02 Å². The first-order valence-electron chi connectivity index (χ1n) is 9.64. The second-order valence-corrected chi connectivity index (χ2v) is 9.18. The number of nitrogens with one attached hydrogen (secondary N) is 2. The van der Waals surface area contributed by atoms with Crippen molar-refractivity contribution in [2.45, 2.75) is 18.7 Å². The maximum atomic E-state index is 12.7. The topological polar surface area (TPSA) is 93.7 Å². The Kier molecular flexibility index (Phi) is 7.27. The number of sulfonamides is 1. The highest BCUT2D eigenvalue weighted by atomic mass is 35.5. The predicted molar refractivity (Wildman–Crippen MR) is 125 cm³/mol. The van der Waals surface area contributed by atoms with E-state index in [1.165, 1.54) is 25.3 Å². The van der Waals surface area contributed by atoms with Gasteiger partial charge >= 0.3 is 0 Å². The van der Waals surface area contributed by atoms with Crippen LogP contribution in [0.4, 0.5) is 11.4 Å². The van der Waals surface area contributed by atoms with Crippen molar-refractivity contribution in [3.05, 3.63) is 76.8 Å². The number of ether oxygens (including phenoxy) is 2. The lowest BCUT2D eigenvalue weighted by Gasteiger charge is -2.13. The molecule has 0 fully saturated rings. The second kappa shape index (κ2) is 9.93. The van der Waals surface area contributed by atoms with Gasteiger partial charge in [-0.15, -0.1) is 0 Å². The number of hydrogen-bond donors (Lipinski definition) is 2. The molecule has 0 aliphatic rings. The fourth-order valence-electron chi connectivity index (χ4n) is 2.92. The molecule has 0 aromatic heterocycles. The van der Waals surface area contributed by atoms with Gasteiger partial charge in [-0.2, -0.15) is 0 Å². The molecule has 0 bridgehead atoms. The molecule has 9 heteroatoms. The smallest absolute Gasteiger partial charge is 0.262 e. The van der Waals surface area contributed by atoms with Gasteiger partial charge in [0.05, 0.1) is 12.0 Å². The summed E-state index contributed by atoms with van der Waals surface area (Å²) in [6.45, 7) is 3.33. The van der Waals surface area contributed by atoms with Gasteiger partial charge in [0, 0.05) is 16.4 Å². The summed E-state index contributed by atoms with van der Waals surface area (Å²) < 4.78 is 38.5. The molecular weight excluding hydrogens is 452 g/mol. The Labute approximate surface area is 192 Å². The van der Waals surface area contributed by atoms with E-state index in [0.717, 1.165) is 5.56 Å². The molecule has 0 spiro atoms. The SMILES string of the molecule is COc1ccc(NS(=O)(=O)c2ccc(OCC(=O)Nc3ccc(Cl)cc3C)c(C)c2)cc1. The van der Waals surface area contributed by atoms with Crippen molar-refractivity contribution in [3.8, 4) is 11.5 Å². The van der Waals surface area contributed by atoms with E-state index in [9.17, 15) is 13.2 Å². The van der Waals surface area contributed by atoms with E-state index >= 15 is 0 Å². The number of carbonyl (C=O) groups excluding carboxylic acids is 1. The maximum absolute atomic E-state index is 12.7. The van der Waals surface area contributed by atoms with Gasteiger partial charge in [0.2, 0.25) is 0 Å².